The molecule has 0 aromatic heterocycles. The van der Waals surface area contributed by atoms with Gasteiger partial charge < -0.3 is 74.6 Å². The molecular weight excluding hydrogens is 927 g/mol. The Hall–Kier alpha value is -2.13. The third kappa shape index (κ3) is 8.88. The lowest BCUT2D eigenvalue weighted by Gasteiger charge is -2.71. The van der Waals surface area contributed by atoms with E-state index in [9.17, 15) is 45.6 Å². The second-order valence-electron chi connectivity index (χ2n) is 25.1. The van der Waals surface area contributed by atoms with E-state index in [0.717, 1.165) is 57.8 Å². The van der Waals surface area contributed by atoms with E-state index >= 15 is 0 Å². The summed E-state index contributed by atoms with van der Waals surface area (Å²) in [6.45, 7) is 19.8. The van der Waals surface area contributed by atoms with Crippen LogP contribution in [0, 0.1) is 56.7 Å². The molecule has 0 spiro atoms. The number of fused-ring (bicyclic) bond motifs is 7. The summed E-state index contributed by atoms with van der Waals surface area (Å²) in [6.07, 6.45) is -10.7. The maximum atomic E-state index is 14.7. The van der Waals surface area contributed by atoms with Crippen molar-refractivity contribution in [2.75, 3.05) is 13.2 Å². The third-order valence-electron chi connectivity index (χ3n) is 21.2. The highest BCUT2D eigenvalue weighted by molar-refractivity contribution is 5.84. The van der Waals surface area contributed by atoms with Crippen molar-refractivity contribution in [2.45, 2.75) is 225 Å². The molecule has 5 aliphatic carbocycles. The first-order chi connectivity index (χ1) is 33.9. The molecular formula is C56H87NO15. The number of nitrogens with one attached hydrogen (secondary N) is 1. The van der Waals surface area contributed by atoms with Gasteiger partial charge in [-0.05, 0) is 135 Å². The Bertz CT molecular complexity index is 2100. The zero-order valence-corrected chi connectivity index (χ0v) is 44.0. The Labute approximate surface area is 426 Å². The molecule has 25 atom stereocenters. The molecule has 16 nitrogen and oxygen atoms in total. The summed E-state index contributed by atoms with van der Waals surface area (Å²) in [5, 5.41) is 90.6. The molecule has 8 aliphatic rings. The van der Waals surface area contributed by atoms with Crippen molar-refractivity contribution in [3.05, 3.63) is 47.5 Å². The zero-order chi connectivity index (χ0) is 52.0. The minimum absolute atomic E-state index is 0.0288. The van der Waals surface area contributed by atoms with Gasteiger partial charge in [-0.3, -0.25) is 4.79 Å². The predicted octanol–water partition coefficient (Wildman–Crippen LogP) is 3.89. The van der Waals surface area contributed by atoms with E-state index in [1.54, 1.807) is 0 Å². The standard InChI is InChI=1S/C56H87NO15/c1-28-17-23-56(51(66)57-26-20-32-13-11-10-12-14-32)25-24-54(8)33(38(56)29(28)2)15-16-36-53(7)21-19-37(52(5,6)35(53)18-22-55(36,54)9)70-50-47(72-49-44(64)42(62)40(60)31(4)68-49)45(65)46(34(27-58)69-50)71-48-43(63)41(61)39(59)30(3)67-48/h10-15,28-31,34-50,58-65H,16-27H2,1-9H3,(H,57,66)/t28-,29+,30+,31+,34-,35+,36-,37+,38+,39+,40+,41-,42-,43-,44-,45+,46-,47-,48+,49+,50+,53+,54-,55-,56+/m1/s1. The highest BCUT2D eigenvalue weighted by Gasteiger charge is 2.70. The molecule has 0 bridgehead atoms. The largest absolute Gasteiger partial charge is 0.394 e. The molecule has 16 heteroatoms. The maximum Gasteiger partial charge on any atom is 0.226 e. The van der Waals surface area contributed by atoms with Crippen LogP contribution in [-0.4, -0.2) is 158 Å². The first-order valence-corrected chi connectivity index (χ1v) is 27.3. The lowest BCUT2D eigenvalue weighted by Crippen LogP contribution is -2.68. The van der Waals surface area contributed by atoms with E-state index in [-0.39, 0.29) is 34.0 Å². The number of hydrogen-bond acceptors (Lipinski definition) is 15. The molecule has 0 unspecified atom stereocenters. The van der Waals surface area contributed by atoms with E-state index in [1.807, 2.05) is 6.07 Å². The molecule has 3 saturated heterocycles. The monoisotopic (exact) mass is 1010 g/mol. The van der Waals surface area contributed by atoms with Gasteiger partial charge in [0.05, 0.1) is 30.3 Å². The second kappa shape index (κ2) is 20.3. The molecule has 406 valence electrons. The third-order valence-corrected chi connectivity index (χ3v) is 21.2. The van der Waals surface area contributed by atoms with Crippen LogP contribution in [0.15, 0.2) is 42.0 Å². The number of carbonyl (C=O) groups excluding carboxylic acids is 1. The van der Waals surface area contributed by atoms with Crippen LogP contribution < -0.4 is 5.32 Å². The summed E-state index contributed by atoms with van der Waals surface area (Å²) >= 11 is 0. The van der Waals surface area contributed by atoms with Gasteiger partial charge in [0.1, 0.15) is 61.0 Å². The molecule has 7 fully saturated rings. The molecule has 9 N–H and O–H groups in total. The van der Waals surface area contributed by atoms with Crippen LogP contribution in [0.1, 0.15) is 126 Å². The average Bonchev–Trinajstić information content (AvgIpc) is 3.35. The van der Waals surface area contributed by atoms with Gasteiger partial charge in [-0.15, -0.1) is 0 Å². The van der Waals surface area contributed by atoms with Crippen molar-refractivity contribution in [3.63, 3.8) is 0 Å². The molecule has 1 aromatic carbocycles. The van der Waals surface area contributed by atoms with Gasteiger partial charge in [-0.1, -0.05) is 90.4 Å². The van der Waals surface area contributed by atoms with Gasteiger partial charge in [0.15, 0.2) is 18.9 Å². The Morgan fingerprint density at radius 3 is 1.92 bits per heavy atom. The SMILES string of the molecule is C[C@H]1[C@H](C)CC[C@]2(C(=O)NCCc3ccccc3)CC[C@]3(C)C(=CC[C@@H]4[C@@]5(C)CC[C@H](O[C@@H]6O[C@H](CO)[C@@H](O[C@@H]7O[C@@H](C)[C@H](O)[C@@H](O)[C@H]7O)[C@H](O)[C@H]6O[C@@H]6O[C@@H](C)[C@H](O)[C@@H](O)[C@H]6O)C(C)(C)[C@@H]5CC[C@]43C)[C@H]12. The van der Waals surface area contributed by atoms with E-state index in [1.165, 1.54) is 25.0 Å². The van der Waals surface area contributed by atoms with Gasteiger partial charge in [-0.25, -0.2) is 0 Å². The average molecular weight is 1010 g/mol. The quantitative estimate of drug-likeness (QED) is 0.113. The first kappa shape index (κ1) is 54.7. The number of ether oxygens (including phenoxy) is 6. The summed E-state index contributed by atoms with van der Waals surface area (Å²) in [7, 11) is 0. The van der Waals surface area contributed by atoms with Crippen LogP contribution in [0.5, 0.6) is 0 Å². The summed E-state index contributed by atoms with van der Waals surface area (Å²) < 4.78 is 37.4. The fraction of sp³-hybridized carbons (Fsp3) is 0.839. The van der Waals surface area contributed by atoms with E-state index in [4.69, 9.17) is 28.4 Å². The predicted molar refractivity (Wildman–Crippen MR) is 263 cm³/mol. The van der Waals surface area contributed by atoms with Crippen molar-refractivity contribution in [3.8, 4) is 0 Å². The molecule has 1 aromatic rings. The summed E-state index contributed by atoms with van der Waals surface area (Å²) in [5.74, 6) is 1.85. The number of benzene rings is 1. The number of amides is 1. The maximum absolute atomic E-state index is 14.7. The van der Waals surface area contributed by atoms with Crippen LogP contribution in [0.4, 0.5) is 0 Å². The van der Waals surface area contributed by atoms with Crippen molar-refractivity contribution in [2.24, 2.45) is 56.7 Å². The Morgan fingerprint density at radius 1 is 0.667 bits per heavy atom. The molecule has 3 heterocycles. The van der Waals surface area contributed by atoms with Gasteiger partial charge in [0.2, 0.25) is 5.91 Å². The molecule has 72 heavy (non-hydrogen) atoms. The number of rotatable bonds is 11. The second-order valence-corrected chi connectivity index (χ2v) is 25.1. The van der Waals surface area contributed by atoms with Crippen molar-refractivity contribution < 1.29 is 74.1 Å². The van der Waals surface area contributed by atoms with Crippen LogP contribution in [-0.2, 0) is 39.6 Å². The first-order valence-electron chi connectivity index (χ1n) is 27.3. The number of aliphatic hydroxyl groups is 8. The number of aliphatic hydroxyl groups excluding tert-OH is 8. The Morgan fingerprint density at radius 2 is 1.29 bits per heavy atom. The highest BCUT2D eigenvalue weighted by Crippen LogP contribution is 2.76. The number of allylic oxidation sites excluding steroid dienone is 2. The van der Waals surface area contributed by atoms with E-state index in [0.29, 0.717) is 30.7 Å². The van der Waals surface area contributed by atoms with Gasteiger partial charge in [0.25, 0.3) is 0 Å². The minimum atomic E-state index is -1.73. The fourth-order valence-corrected chi connectivity index (χ4v) is 16.4. The van der Waals surface area contributed by atoms with Crippen LogP contribution in [0.2, 0.25) is 0 Å². The lowest BCUT2D eigenvalue weighted by atomic mass is 9.33. The van der Waals surface area contributed by atoms with Crippen molar-refractivity contribution >= 4 is 5.91 Å². The molecule has 4 saturated carbocycles. The molecule has 0 radical (unpaired) electrons. The lowest BCUT2D eigenvalue weighted by molar-refractivity contribution is -0.393. The Kier molecular flexibility index (Phi) is 15.4. The highest BCUT2D eigenvalue weighted by atomic mass is 16.8. The molecule has 3 aliphatic heterocycles. The van der Waals surface area contributed by atoms with Gasteiger partial charge in [0, 0.05) is 6.54 Å². The summed E-state index contributed by atoms with van der Waals surface area (Å²) in [4.78, 5) is 14.7. The summed E-state index contributed by atoms with van der Waals surface area (Å²) in [6, 6.07) is 10.4. The molecule has 9 rings (SSSR count). The van der Waals surface area contributed by atoms with Crippen molar-refractivity contribution in [1.82, 2.24) is 5.32 Å². The number of hydrogen-bond donors (Lipinski definition) is 9. The van der Waals surface area contributed by atoms with Crippen LogP contribution >= 0.6 is 0 Å². The van der Waals surface area contributed by atoms with Crippen LogP contribution in [0.3, 0.4) is 0 Å². The van der Waals surface area contributed by atoms with Crippen molar-refractivity contribution in [1.29, 1.82) is 0 Å². The van der Waals surface area contributed by atoms with Crippen LogP contribution in [0.25, 0.3) is 0 Å². The van der Waals surface area contributed by atoms with E-state index < -0.39 is 116 Å². The normalized spacial score (nSPS) is 51.1. The Balaban J connectivity index is 0.966. The van der Waals surface area contributed by atoms with Gasteiger partial charge in [-0.2, -0.15) is 0 Å². The smallest absolute Gasteiger partial charge is 0.226 e. The zero-order valence-electron chi connectivity index (χ0n) is 44.0. The summed E-state index contributed by atoms with van der Waals surface area (Å²) in [5.41, 5.74) is 1.65. The fourth-order valence-electron chi connectivity index (χ4n) is 16.4. The minimum Gasteiger partial charge on any atom is -0.394 e. The van der Waals surface area contributed by atoms with E-state index in [2.05, 4.69) is 84.1 Å². The molecule has 1 amide bonds. The topological polar surface area (TPSA) is 246 Å². The van der Waals surface area contributed by atoms with Gasteiger partial charge >= 0.3 is 0 Å². The number of carbonyl (C=O) groups is 1.